The maximum atomic E-state index is 6.13. The van der Waals surface area contributed by atoms with E-state index in [1.807, 2.05) is 13.8 Å². The van der Waals surface area contributed by atoms with Crippen molar-refractivity contribution >= 4 is 0 Å². The molecular weight excluding hydrogens is 272 g/mol. The lowest BCUT2D eigenvalue weighted by molar-refractivity contribution is -0.147. The zero-order valence-corrected chi connectivity index (χ0v) is 15.8. The molecule has 0 spiro atoms. The molecule has 0 aromatic heterocycles. The Morgan fingerprint density at radius 1 is 0.909 bits per heavy atom. The summed E-state index contributed by atoms with van der Waals surface area (Å²) in [5.74, 6) is 1.73. The summed E-state index contributed by atoms with van der Waals surface area (Å²) in [5.41, 5.74) is 1.31. The first-order chi connectivity index (χ1) is 10.3. The molecule has 0 aromatic rings. The predicted molar refractivity (Wildman–Crippen MR) is 93.1 cm³/mol. The van der Waals surface area contributed by atoms with Crippen LogP contribution in [0, 0.1) is 22.7 Å². The molecule has 0 unspecified atom stereocenters. The molecule has 3 rings (SSSR count). The van der Waals surface area contributed by atoms with Crippen LogP contribution in [0.5, 0.6) is 0 Å². The van der Waals surface area contributed by atoms with Gasteiger partial charge in [-0.2, -0.15) is 0 Å². The van der Waals surface area contributed by atoms with E-state index in [0.29, 0.717) is 10.8 Å². The van der Waals surface area contributed by atoms with Gasteiger partial charge < -0.3 is 9.47 Å². The lowest BCUT2D eigenvalue weighted by Crippen LogP contribution is -2.55. The van der Waals surface area contributed by atoms with Gasteiger partial charge >= 0.3 is 0 Å². The van der Waals surface area contributed by atoms with Crippen LogP contribution < -0.4 is 0 Å². The van der Waals surface area contributed by atoms with Gasteiger partial charge in [0.25, 0.3) is 0 Å². The fourth-order valence-electron chi connectivity index (χ4n) is 6.03. The van der Waals surface area contributed by atoms with Crippen molar-refractivity contribution in [2.75, 3.05) is 19.8 Å². The number of ether oxygens (including phenoxy) is 2. The Labute approximate surface area is 138 Å². The molecule has 2 heteroatoms. The van der Waals surface area contributed by atoms with Gasteiger partial charge in [0, 0.05) is 19.8 Å². The number of rotatable bonds is 2. The third kappa shape index (κ3) is 3.24. The zero-order chi connectivity index (χ0) is 16.4. The second kappa shape index (κ2) is 6.81. The molecule has 0 bridgehead atoms. The van der Waals surface area contributed by atoms with Gasteiger partial charge in [-0.05, 0) is 75.5 Å². The molecule has 0 amide bonds. The smallest absolute Gasteiger partial charge is 0.0688 e. The summed E-state index contributed by atoms with van der Waals surface area (Å²) in [5, 5.41) is 0. The molecular formula is C20H38O2. The van der Waals surface area contributed by atoms with E-state index in [9.17, 15) is 0 Å². The van der Waals surface area contributed by atoms with Crippen molar-refractivity contribution < 1.29 is 9.47 Å². The van der Waals surface area contributed by atoms with Crippen molar-refractivity contribution in [2.45, 2.75) is 85.7 Å². The molecule has 2 aliphatic carbocycles. The highest BCUT2D eigenvalue weighted by Gasteiger charge is 2.60. The minimum atomic E-state index is 0.207. The van der Waals surface area contributed by atoms with E-state index >= 15 is 0 Å². The maximum absolute atomic E-state index is 6.13. The van der Waals surface area contributed by atoms with Gasteiger partial charge in [0.15, 0.2) is 0 Å². The van der Waals surface area contributed by atoms with Crippen LogP contribution in [-0.2, 0) is 9.47 Å². The Kier molecular flexibility index (Phi) is 5.65. The second-order valence-electron chi connectivity index (χ2n) is 8.72. The standard InChI is InChI=1S/C16H28O.C4H10O/c1-14(2)8-5-9-15(3)12(14)6-10-16(4)13(15)7-11-17-16;1-3-5-4-2/h12-13H,5-11H2,1-4H3;3-4H2,1-2H3/t12-,13+,15-,16+;/m0./s1. The first-order valence-corrected chi connectivity index (χ1v) is 9.52. The third-order valence-electron chi connectivity index (χ3n) is 6.99. The molecule has 22 heavy (non-hydrogen) atoms. The third-order valence-corrected chi connectivity index (χ3v) is 6.99. The van der Waals surface area contributed by atoms with Gasteiger partial charge in [-0.25, -0.2) is 0 Å². The number of hydrogen-bond donors (Lipinski definition) is 0. The summed E-state index contributed by atoms with van der Waals surface area (Å²) in [6, 6.07) is 0. The van der Waals surface area contributed by atoms with E-state index < -0.39 is 0 Å². The van der Waals surface area contributed by atoms with Crippen LogP contribution in [0.2, 0.25) is 0 Å². The molecule has 3 fully saturated rings. The van der Waals surface area contributed by atoms with E-state index in [1.54, 1.807) is 0 Å². The molecule has 2 nitrogen and oxygen atoms in total. The highest BCUT2D eigenvalue weighted by atomic mass is 16.5. The second-order valence-corrected chi connectivity index (χ2v) is 8.72. The molecule has 2 saturated carbocycles. The molecule has 130 valence electrons. The normalized spacial score (nSPS) is 42.8. The lowest BCUT2D eigenvalue weighted by atomic mass is 9.46. The number of fused-ring (bicyclic) bond motifs is 3. The van der Waals surface area contributed by atoms with Gasteiger partial charge in [-0.3, -0.25) is 0 Å². The van der Waals surface area contributed by atoms with Crippen LogP contribution in [0.15, 0.2) is 0 Å². The molecule has 0 radical (unpaired) electrons. The molecule has 3 aliphatic rings. The average Bonchev–Trinajstić information content (AvgIpc) is 2.83. The topological polar surface area (TPSA) is 18.5 Å². The summed E-state index contributed by atoms with van der Waals surface area (Å²) in [4.78, 5) is 0. The first-order valence-electron chi connectivity index (χ1n) is 9.52. The Balaban J connectivity index is 0.000000309. The summed E-state index contributed by atoms with van der Waals surface area (Å²) in [7, 11) is 0. The van der Waals surface area contributed by atoms with Crippen molar-refractivity contribution in [3.8, 4) is 0 Å². The van der Waals surface area contributed by atoms with Crippen molar-refractivity contribution in [1.29, 1.82) is 0 Å². The first kappa shape index (κ1) is 18.3. The Hall–Kier alpha value is -0.0800. The van der Waals surface area contributed by atoms with Crippen LogP contribution in [-0.4, -0.2) is 25.4 Å². The highest BCUT2D eigenvalue weighted by molar-refractivity contribution is 5.09. The Morgan fingerprint density at radius 2 is 1.59 bits per heavy atom. The minimum absolute atomic E-state index is 0.207. The SMILES string of the molecule is CC1(C)CCC[C@]2(C)[C@H]3CCO[C@]3(C)CC[C@@H]12.CCOCC. The van der Waals surface area contributed by atoms with Gasteiger partial charge in [0.05, 0.1) is 5.60 Å². The minimum Gasteiger partial charge on any atom is -0.382 e. The summed E-state index contributed by atoms with van der Waals surface area (Å²) in [6.45, 7) is 16.6. The van der Waals surface area contributed by atoms with E-state index in [4.69, 9.17) is 9.47 Å². The summed E-state index contributed by atoms with van der Waals surface area (Å²) < 4.78 is 11.0. The largest absolute Gasteiger partial charge is 0.382 e. The van der Waals surface area contributed by atoms with Crippen molar-refractivity contribution in [2.24, 2.45) is 22.7 Å². The lowest BCUT2D eigenvalue weighted by Gasteiger charge is -2.60. The van der Waals surface area contributed by atoms with Gasteiger partial charge in [-0.15, -0.1) is 0 Å². The van der Waals surface area contributed by atoms with Crippen LogP contribution in [0.4, 0.5) is 0 Å². The summed E-state index contributed by atoms with van der Waals surface area (Å²) >= 11 is 0. The summed E-state index contributed by atoms with van der Waals surface area (Å²) in [6.07, 6.45) is 8.27. The zero-order valence-electron chi connectivity index (χ0n) is 15.8. The maximum Gasteiger partial charge on any atom is 0.0688 e. The monoisotopic (exact) mass is 310 g/mol. The molecule has 1 heterocycles. The predicted octanol–water partition coefficient (Wildman–Crippen LogP) is 5.45. The van der Waals surface area contributed by atoms with E-state index in [-0.39, 0.29) is 5.60 Å². The van der Waals surface area contributed by atoms with Crippen molar-refractivity contribution in [3.63, 3.8) is 0 Å². The molecule has 0 aromatic carbocycles. The fraction of sp³-hybridized carbons (Fsp3) is 1.00. The highest BCUT2D eigenvalue weighted by Crippen LogP contribution is 2.64. The van der Waals surface area contributed by atoms with Gasteiger partial charge in [0.2, 0.25) is 0 Å². The fourth-order valence-corrected chi connectivity index (χ4v) is 6.03. The van der Waals surface area contributed by atoms with E-state index in [2.05, 4.69) is 27.7 Å². The van der Waals surface area contributed by atoms with E-state index in [0.717, 1.165) is 31.7 Å². The van der Waals surface area contributed by atoms with Crippen LogP contribution in [0.1, 0.15) is 80.1 Å². The van der Waals surface area contributed by atoms with Crippen molar-refractivity contribution in [1.82, 2.24) is 0 Å². The van der Waals surface area contributed by atoms with Gasteiger partial charge in [0.1, 0.15) is 0 Å². The molecule has 1 saturated heterocycles. The van der Waals surface area contributed by atoms with E-state index in [1.165, 1.54) is 38.5 Å². The van der Waals surface area contributed by atoms with Crippen LogP contribution in [0.3, 0.4) is 0 Å². The molecule has 1 aliphatic heterocycles. The van der Waals surface area contributed by atoms with Crippen LogP contribution >= 0.6 is 0 Å². The molecule has 0 N–H and O–H groups in total. The Morgan fingerprint density at radius 3 is 2.18 bits per heavy atom. The van der Waals surface area contributed by atoms with Crippen molar-refractivity contribution in [3.05, 3.63) is 0 Å². The quantitative estimate of drug-likeness (QED) is 0.675. The molecule has 4 atom stereocenters. The van der Waals surface area contributed by atoms with Gasteiger partial charge in [-0.1, -0.05) is 27.2 Å². The Bertz CT molecular complexity index is 359. The average molecular weight is 311 g/mol. The number of hydrogen-bond acceptors (Lipinski definition) is 2. The van der Waals surface area contributed by atoms with Crippen LogP contribution in [0.25, 0.3) is 0 Å².